The van der Waals surface area contributed by atoms with Gasteiger partial charge in [-0.15, -0.1) is 11.3 Å². The molecule has 4 N–H and O–H groups in total. The normalized spacial score (nSPS) is 18.2. The van der Waals surface area contributed by atoms with E-state index in [1.165, 1.54) is 16.6 Å². The van der Waals surface area contributed by atoms with Crippen LogP contribution in [-0.4, -0.2) is 0 Å². The molecular formula is C9H10N2S2. The molecule has 2 rings (SSSR count). The highest BCUT2D eigenvalue weighted by atomic mass is 32.2. The lowest BCUT2D eigenvalue weighted by Gasteiger charge is -2.14. The summed E-state index contributed by atoms with van der Waals surface area (Å²) in [5.74, 6) is 0.265. The summed E-state index contributed by atoms with van der Waals surface area (Å²) in [6.07, 6.45) is 4.07. The van der Waals surface area contributed by atoms with Gasteiger partial charge in [0.05, 0.1) is 10.1 Å². The van der Waals surface area contributed by atoms with Crippen LogP contribution in [0.25, 0.3) is 0 Å². The molecule has 68 valence electrons. The zero-order valence-corrected chi connectivity index (χ0v) is 8.57. The molecular weight excluding hydrogens is 200 g/mol. The van der Waals surface area contributed by atoms with Gasteiger partial charge in [0.2, 0.25) is 0 Å². The highest BCUT2D eigenvalue weighted by Crippen LogP contribution is 2.33. The van der Waals surface area contributed by atoms with Gasteiger partial charge in [0.25, 0.3) is 0 Å². The summed E-state index contributed by atoms with van der Waals surface area (Å²) < 4.78 is 0. The quantitative estimate of drug-likeness (QED) is 0.747. The molecule has 1 aromatic rings. The van der Waals surface area contributed by atoms with Gasteiger partial charge in [0.15, 0.2) is 0 Å². The van der Waals surface area contributed by atoms with Gasteiger partial charge in [-0.2, -0.15) is 0 Å². The van der Waals surface area contributed by atoms with Gasteiger partial charge in [-0.1, -0.05) is 17.8 Å². The molecule has 4 heteroatoms. The summed E-state index contributed by atoms with van der Waals surface area (Å²) in [6.45, 7) is 0. The summed E-state index contributed by atoms with van der Waals surface area (Å²) in [7, 11) is 0. The van der Waals surface area contributed by atoms with Crippen molar-refractivity contribution in [1.82, 2.24) is 0 Å². The minimum Gasteiger partial charge on any atom is -0.393 e. The predicted molar refractivity (Wildman–Crippen MR) is 59.2 cm³/mol. The van der Waals surface area contributed by atoms with Gasteiger partial charge in [-0.05, 0) is 23.6 Å². The van der Waals surface area contributed by atoms with Crippen molar-refractivity contribution in [3.8, 4) is 0 Å². The molecule has 1 aromatic heterocycles. The van der Waals surface area contributed by atoms with Gasteiger partial charge >= 0.3 is 0 Å². The maximum absolute atomic E-state index is 5.73. The van der Waals surface area contributed by atoms with E-state index in [4.69, 9.17) is 11.5 Å². The molecule has 0 aliphatic carbocycles. The molecule has 0 fully saturated rings. The van der Waals surface area contributed by atoms with Gasteiger partial charge in [0, 0.05) is 10.8 Å². The molecule has 2 nitrogen and oxygen atoms in total. The average molecular weight is 210 g/mol. The van der Waals surface area contributed by atoms with Gasteiger partial charge in [-0.25, -0.2) is 0 Å². The first-order valence-corrected chi connectivity index (χ1v) is 5.61. The largest absolute Gasteiger partial charge is 0.393 e. The number of allylic oxidation sites excluding steroid dienone is 2. The third-order valence-electron chi connectivity index (χ3n) is 1.80. The average Bonchev–Trinajstić information content (AvgIpc) is 2.53. The fourth-order valence-corrected chi connectivity index (χ4v) is 2.72. The number of thioether (sulfide) groups is 1. The third kappa shape index (κ3) is 1.89. The molecule has 1 aliphatic heterocycles. The first-order valence-electron chi connectivity index (χ1n) is 3.91. The molecule has 0 spiro atoms. The Kier molecular flexibility index (Phi) is 2.33. The van der Waals surface area contributed by atoms with E-state index in [-0.39, 0.29) is 5.92 Å². The van der Waals surface area contributed by atoms with E-state index in [2.05, 4.69) is 11.4 Å². The highest BCUT2D eigenvalue weighted by Gasteiger charge is 2.13. The first-order chi connectivity index (χ1) is 6.25. The zero-order chi connectivity index (χ0) is 9.26. The van der Waals surface area contributed by atoms with Gasteiger partial charge in [-0.3, -0.25) is 0 Å². The Morgan fingerprint density at radius 3 is 2.38 bits per heavy atom. The Morgan fingerprint density at radius 2 is 1.85 bits per heavy atom. The topological polar surface area (TPSA) is 52.0 Å². The van der Waals surface area contributed by atoms with Crippen LogP contribution in [0.4, 0.5) is 0 Å². The Balaban J connectivity index is 2.29. The van der Waals surface area contributed by atoms with Crippen LogP contribution in [0.15, 0.2) is 39.7 Å². The second-order valence-corrected chi connectivity index (χ2v) is 4.91. The fourth-order valence-electron chi connectivity index (χ4n) is 1.25. The van der Waals surface area contributed by atoms with Crippen LogP contribution in [0.5, 0.6) is 0 Å². The molecule has 0 saturated heterocycles. The summed E-state index contributed by atoms with van der Waals surface area (Å²) in [5.41, 5.74) is 11.5. The number of rotatable bonds is 1. The molecule has 0 bridgehead atoms. The van der Waals surface area contributed by atoms with Crippen molar-refractivity contribution in [1.29, 1.82) is 0 Å². The van der Waals surface area contributed by atoms with Crippen molar-refractivity contribution < 1.29 is 0 Å². The molecule has 13 heavy (non-hydrogen) atoms. The van der Waals surface area contributed by atoms with Crippen molar-refractivity contribution in [2.45, 2.75) is 5.92 Å². The van der Waals surface area contributed by atoms with Gasteiger partial charge < -0.3 is 11.5 Å². The monoisotopic (exact) mass is 210 g/mol. The van der Waals surface area contributed by atoms with Crippen molar-refractivity contribution in [3.05, 3.63) is 44.6 Å². The van der Waals surface area contributed by atoms with E-state index in [9.17, 15) is 0 Å². The van der Waals surface area contributed by atoms with Crippen LogP contribution in [0.2, 0.25) is 0 Å². The lowest BCUT2D eigenvalue weighted by Crippen LogP contribution is -2.07. The number of thiophene rings is 1. The maximum Gasteiger partial charge on any atom is 0.0686 e. The second-order valence-electron chi connectivity index (χ2n) is 2.78. The van der Waals surface area contributed by atoms with Crippen LogP contribution in [-0.2, 0) is 0 Å². The van der Waals surface area contributed by atoms with Crippen molar-refractivity contribution in [2.75, 3.05) is 0 Å². The number of hydrogen-bond acceptors (Lipinski definition) is 4. The van der Waals surface area contributed by atoms with E-state index in [1.807, 2.05) is 18.2 Å². The molecule has 0 amide bonds. The van der Waals surface area contributed by atoms with Crippen LogP contribution in [0, 0.1) is 0 Å². The zero-order valence-electron chi connectivity index (χ0n) is 6.94. The lowest BCUT2D eigenvalue weighted by atomic mass is 10.1. The number of hydrogen-bond donors (Lipinski definition) is 2. The molecule has 0 atom stereocenters. The van der Waals surface area contributed by atoms with E-state index >= 15 is 0 Å². The predicted octanol–water partition coefficient (Wildman–Crippen LogP) is 2.18. The minimum absolute atomic E-state index is 0.265. The van der Waals surface area contributed by atoms with Crippen LogP contribution >= 0.6 is 23.1 Å². The lowest BCUT2D eigenvalue weighted by molar-refractivity contribution is 1.09. The first kappa shape index (κ1) is 8.72. The summed E-state index contributed by atoms with van der Waals surface area (Å²) in [6, 6.07) is 4.13. The third-order valence-corrected chi connectivity index (χ3v) is 3.51. The fraction of sp³-hybridized carbons (Fsp3) is 0.111. The van der Waals surface area contributed by atoms with Crippen LogP contribution in [0.1, 0.15) is 10.8 Å². The van der Waals surface area contributed by atoms with Crippen molar-refractivity contribution in [3.63, 3.8) is 0 Å². The molecule has 0 saturated carbocycles. The minimum atomic E-state index is 0.265. The summed E-state index contributed by atoms with van der Waals surface area (Å²) in [5, 5.41) is 3.64. The standard InChI is InChI=1S/C9H10N2S2/c10-8-4-6(5-9(11)13-8)7-2-1-3-12-7/h1-6H,10-11H2. The molecule has 0 aromatic carbocycles. The van der Waals surface area contributed by atoms with E-state index in [0.29, 0.717) is 0 Å². The molecule has 0 unspecified atom stereocenters. The Bertz CT molecular complexity index is 334. The maximum atomic E-state index is 5.73. The van der Waals surface area contributed by atoms with Crippen molar-refractivity contribution in [2.24, 2.45) is 11.5 Å². The molecule has 2 heterocycles. The van der Waals surface area contributed by atoms with E-state index < -0.39 is 0 Å². The van der Waals surface area contributed by atoms with Gasteiger partial charge in [0.1, 0.15) is 0 Å². The van der Waals surface area contributed by atoms with Crippen molar-refractivity contribution >= 4 is 23.1 Å². The number of nitrogens with two attached hydrogens (primary N) is 2. The van der Waals surface area contributed by atoms with E-state index in [1.54, 1.807) is 11.3 Å². The van der Waals surface area contributed by atoms with Crippen LogP contribution in [0.3, 0.4) is 0 Å². The smallest absolute Gasteiger partial charge is 0.0686 e. The highest BCUT2D eigenvalue weighted by molar-refractivity contribution is 8.06. The Hall–Kier alpha value is -0.870. The molecule has 1 aliphatic rings. The summed E-state index contributed by atoms with van der Waals surface area (Å²) in [4.78, 5) is 1.28. The molecule has 0 radical (unpaired) electrons. The SMILES string of the molecule is NC1=CC(c2cccs2)C=C(N)S1. The Morgan fingerprint density at radius 1 is 1.15 bits per heavy atom. The Labute approximate surface area is 85.3 Å². The summed E-state index contributed by atoms with van der Waals surface area (Å²) >= 11 is 3.15. The van der Waals surface area contributed by atoms with Crippen LogP contribution < -0.4 is 11.5 Å². The second kappa shape index (κ2) is 3.47. The van der Waals surface area contributed by atoms with E-state index in [0.717, 1.165) is 10.1 Å².